The van der Waals surface area contributed by atoms with Crippen molar-refractivity contribution in [3.63, 3.8) is 0 Å². The lowest BCUT2D eigenvalue weighted by molar-refractivity contribution is -0.128. The summed E-state index contributed by atoms with van der Waals surface area (Å²) in [4.78, 5) is 37.9. The Morgan fingerprint density at radius 1 is 1.22 bits per heavy atom. The molecular formula is C20H19ClN2O4. The summed E-state index contributed by atoms with van der Waals surface area (Å²) in [6, 6.07) is 11.2. The van der Waals surface area contributed by atoms with Crippen molar-refractivity contribution in [3.8, 4) is 0 Å². The smallest absolute Gasteiger partial charge is 0.335 e. The van der Waals surface area contributed by atoms with Crippen LogP contribution in [-0.2, 0) is 9.59 Å². The molecule has 2 amide bonds. The van der Waals surface area contributed by atoms with Gasteiger partial charge in [0.1, 0.15) is 0 Å². The molecule has 2 N–H and O–H groups in total. The number of rotatable bonds is 4. The Morgan fingerprint density at radius 2 is 1.96 bits per heavy atom. The molecule has 0 spiro atoms. The van der Waals surface area contributed by atoms with E-state index in [9.17, 15) is 14.4 Å². The highest BCUT2D eigenvalue weighted by Crippen LogP contribution is 2.38. The highest BCUT2D eigenvalue weighted by Gasteiger charge is 2.42. The molecule has 6 nitrogen and oxygen atoms in total. The maximum atomic E-state index is 12.9. The van der Waals surface area contributed by atoms with Gasteiger partial charge in [0.2, 0.25) is 11.8 Å². The van der Waals surface area contributed by atoms with Crippen LogP contribution in [0.4, 0.5) is 5.69 Å². The van der Waals surface area contributed by atoms with E-state index in [1.165, 1.54) is 12.1 Å². The quantitative estimate of drug-likeness (QED) is 0.841. The number of anilines is 1. The molecule has 0 aliphatic carbocycles. The fraction of sp³-hybridized carbons (Fsp3) is 0.250. The van der Waals surface area contributed by atoms with Gasteiger partial charge in [-0.05, 0) is 42.3 Å². The molecule has 1 aliphatic rings. The van der Waals surface area contributed by atoms with E-state index >= 15 is 0 Å². The molecule has 27 heavy (non-hydrogen) atoms. The van der Waals surface area contributed by atoms with Gasteiger partial charge < -0.3 is 15.3 Å². The number of carbonyl (C=O) groups excluding carboxylic acids is 2. The minimum absolute atomic E-state index is 0.0805. The molecule has 0 radical (unpaired) electrons. The molecule has 3 rings (SSSR count). The molecule has 1 aliphatic heterocycles. The van der Waals surface area contributed by atoms with Gasteiger partial charge in [0.05, 0.1) is 17.5 Å². The number of amides is 2. The van der Waals surface area contributed by atoms with Crippen LogP contribution in [0.15, 0.2) is 42.5 Å². The van der Waals surface area contributed by atoms with Crippen LogP contribution >= 0.6 is 11.6 Å². The van der Waals surface area contributed by atoms with Crippen molar-refractivity contribution in [2.45, 2.75) is 19.4 Å². The van der Waals surface area contributed by atoms with E-state index in [2.05, 4.69) is 5.32 Å². The Balaban J connectivity index is 1.90. The van der Waals surface area contributed by atoms with Crippen molar-refractivity contribution in [2.24, 2.45) is 5.92 Å². The Hall–Kier alpha value is -2.86. The maximum Gasteiger partial charge on any atom is 0.335 e. The van der Waals surface area contributed by atoms with Gasteiger partial charge in [-0.25, -0.2) is 4.79 Å². The molecule has 0 saturated carbocycles. The predicted molar refractivity (Wildman–Crippen MR) is 102 cm³/mol. The Kier molecular flexibility index (Phi) is 5.19. The average Bonchev–Trinajstić information content (AvgIpc) is 2.92. The number of hydrogen-bond donors (Lipinski definition) is 2. The first-order chi connectivity index (χ1) is 12.8. The minimum Gasteiger partial charge on any atom is -0.478 e. The second-order valence-corrected chi connectivity index (χ2v) is 7.08. The standard InChI is InChI=1S/C20H19ClN2O4/c1-11-6-7-13(20(26)27)9-16(11)22-19(25)15-10-17(24)23(2)18(15)12-4-3-5-14(21)8-12/h3-9,15,18H,10H2,1-2H3,(H,22,25)(H,26,27)/t15-,18-/m1/s1. The van der Waals surface area contributed by atoms with Crippen molar-refractivity contribution in [3.05, 3.63) is 64.2 Å². The monoisotopic (exact) mass is 386 g/mol. The van der Waals surface area contributed by atoms with Crippen LogP contribution in [0.3, 0.4) is 0 Å². The molecule has 7 heteroatoms. The number of aromatic carboxylic acids is 1. The number of likely N-dealkylation sites (tertiary alicyclic amines) is 1. The topological polar surface area (TPSA) is 86.7 Å². The molecule has 140 valence electrons. The van der Waals surface area contributed by atoms with E-state index in [1.54, 1.807) is 43.1 Å². The molecule has 2 atom stereocenters. The van der Waals surface area contributed by atoms with Gasteiger partial charge in [0.15, 0.2) is 0 Å². The van der Waals surface area contributed by atoms with Crippen molar-refractivity contribution in [1.29, 1.82) is 0 Å². The lowest BCUT2D eigenvalue weighted by Gasteiger charge is -2.25. The maximum absolute atomic E-state index is 12.9. The summed E-state index contributed by atoms with van der Waals surface area (Å²) in [5.74, 6) is -2.13. The highest BCUT2D eigenvalue weighted by molar-refractivity contribution is 6.30. The first-order valence-corrected chi connectivity index (χ1v) is 8.81. The molecular weight excluding hydrogens is 368 g/mol. The average molecular weight is 387 g/mol. The van der Waals surface area contributed by atoms with Crippen molar-refractivity contribution < 1.29 is 19.5 Å². The first-order valence-electron chi connectivity index (χ1n) is 8.44. The number of benzene rings is 2. The van der Waals surface area contributed by atoms with Gasteiger partial charge in [0, 0.05) is 24.2 Å². The Labute approximate surface area is 161 Å². The van der Waals surface area contributed by atoms with Crippen LogP contribution in [0, 0.1) is 12.8 Å². The summed E-state index contributed by atoms with van der Waals surface area (Å²) in [7, 11) is 1.66. The van der Waals surface area contributed by atoms with Crippen molar-refractivity contribution in [2.75, 3.05) is 12.4 Å². The number of hydrogen-bond acceptors (Lipinski definition) is 3. The SMILES string of the molecule is Cc1ccc(C(=O)O)cc1NC(=O)[C@@H]1CC(=O)N(C)[C@@H]1c1cccc(Cl)c1. The molecule has 1 saturated heterocycles. The zero-order chi connectivity index (χ0) is 19.7. The largest absolute Gasteiger partial charge is 0.478 e. The van der Waals surface area contributed by atoms with Crippen LogP contribution in [0.5, 0.6) is 0 Å². The second-order valence-electron chi connectivity index (χ2n) is 6.64. The summed E-state index contributed by atoms with van der Waals surface area (Å²) in [5.41, 5.74) is 2.03. The Morgan fingerprint density at radius 3 is 2.63 bits per heavy atom. The zero-order valence-electron chi connectivity index (χ0n) is 14.9. The molecule has 1 fully saturated rings. The van der Waals surface area contributed by atoms with Gasteiger partial charge in [0.25, 0.3) is 0 Å². The molecule has 0 unspecified atom stereocenters. The fourth-order valence-electron chi connectivity index (χ4n) is 3.37. The van der Waals surface area contributed by atoms with E-state index in [1.807, 2.05) is 6.07 Å². The van der Waals surface area contributed by atoms with E-state index in [0.717, 1.165) is 11.1 Å². The number of carboxylic acid groups (broad SMARTS) is 1. The lowest BCUT2D eigenvalue weighted by atomic mass is 9.92. The summed E-state index contributed by atoms with van der Waals surface area (Å²) < 4.78 is 0. The van der Waals surface area contributed by atoms with E-state index in [4.69, 9.17) is 16.7 Å². The van der Waals surface area contributed by atoms with Crippen LogP contribution in [0.1, 0.15) is 33.9 Å². The predicted octanol–water partition coefficient (Wildman–Crippen LogP) is 3.50. The van der Waals surface area contributed by atoms with E-state index in [0.29, 0.717) is 10.7 Å². The van der Waals surface area contributed by atoms with Crippen molar-refractivity contribution in [1.82, 2.24) is 4.90 Å². The van der Waals surface area contributed by atoms with E-state index in [-0.39, 0.29) is 23.8 Å². The summed E-state index contributed by atoms with van der Waals surface area (Å²) in [5, 5.41) is 12.5. The van der Waals surface area contributed by atoms with Crippen LogP contribution in [0.25, 0.3) is 0 Å². The third-order valence-electron chi connectivity index (χ3n) is 4.86. The molecule has 1 heterocycles. The number of nitrogens with one attached hydrogen (secondary N) is 1. The van der Waals surface area contributed by atoms with Gasteiger partial charge in [-0.1, -0.05) is 29.8 Å². The number of nitrogens with zero attached hydrogens (tertiary/aromatic N) is 1. The molecule has 2 aromatic rings. The third-order valence-corrected chi connectivity index (χ3v) is 5.09. The number of carbonyl (C=O) groups is 3. The highest BCUT2D eigenvalue weighted by atomic mass is 35.5. The molecule has 0 bridgehead atoms. The fourth-order valence-corrected chi connectivity index (χ4v) is 3.57. The van der Waals surface area contributed by atoms with Gasteiger partial charge >= 0.3 is 5.97 Å². The number of halogens is 1. The van der Waals surface area contributed by atoms with Crippen molar-refractivity contribution >= 4 is 35.1 Å². The first kappa shape index (κ1) is 18.9. The lowest BCUT2D eigenvalue weighted by Crippen LogP contribution is -2.30. The minimum atomic E-state index is -1.07. The van der Waals surface area contributed by atoms with Gasteiger partial charge in [-0.3, -0.25) is 9.59 Å². The summed E-state index contributed by atoms with van der Waals surface area (Å²) in [6.07, 6.45) is 0.0805. The zero-order valence-corrected chi connectivity index (χ0v) is 15.7. The van der Waals surface area contributed by atoms with Gasteiger partial charge in [-0.15, -0.1) is 0 Å². The molecule has 2 aromatic carbocycles. The Bertz CT molecular complexity index is 928. The van der Waals surface area contributed by atoms with Crippen LogP contribution < -0.4 is 5.32 Å². The summed E-state index contributed by atoms with van der Waals surface area (Å²) in [6.45, 7) is 1.78. The van der Waals surface area contributed by atoms with Crippen LogP contribution in [0.2, 0.25) is 5.02 Å². The second kappa shape index (κ2) is 7.40. The third kappa shape index (κ3) is 3.80. The molecule has 0 aromatic heterocycles. The number of carboxylic acids is 1. The van der Waals surface area contributed by atoms with Crippen LogP contribution in [-0.4, -0.2) is 34.8 Å². The van der Waals surface area contributed by atoms with E-state index < -0.39 is 17.9 Å². The normalized spacial score (nSPS) is 19.2. The summed E-state index contributed by atoms with van der Waals surface area (Å²) >= 11 is 6.07. The van der Waals surface area contributed by atoms with Gasteiger partial charge in [-0.2, -0.15) is 0 Å². The number of aryl methyl sites for hydroxylation is 1.